The number of hydrogen-bond acceptors (Lipinski definition) is 1. The molecular formula is C17H27NO. The molecule has 0 spiro atoms. The highest BCUT2D eigenvalue weighted by Gasteiger charge is 2.12. The summed E-state index contributed by atoms with van der Waals surface area (Å²) in [6, 6.07) is 0. The van der Waals surface area contributed by atoms with Gasteiger partial charge in [0.2, 0.25) is 5.91 Å². The fourth-order valence-corrected chi connectivity index (χ4v) is 2.29. The average molecular weight is 261 g/mol. The summed E-state index contributed by atoms with van der Waals surface area (Å²) < 4.78 is 0. The summed E-state index contributed by atoms with van der Waals surface area (Å²) in [7, 11) is 0. The molecule has 0 heterocycles. The van der Waals surface area contributed by atoms with Crippen LogP contribution >= 0.6 is 0 Å². The standard InChI is InChI=1S/C17H27NO/c1-5-8-14(6-2)15-9-7-10-16(12-11-15)18-17(19)13(3)4/h7,9-11,13-14H,5-6,8,12H2,1-4H3,(H,18,19). The molecule has 0 fully saturated rings. The highest BCUT2D eigenvalue weighted by molar-refractivity contribution is 5.79. The molecule has 0 bridgehead atoms. The van der Waals surface area contributed by atoms with Gasteiger partial charge in [-0.05, 0) is 30.4 Å². The molecule has 1 amide bonds. The number of hydrogen-bond donors (Lipinski definition) is 1. The van der Waals surface area contributed by atoms with Gasteiger partial charge in [0, 0.05) is 18.0 Å². The third-order valence-electron chi connectivity index (χ3n) is 3.55. The minimum atomic E-state index is 0.0278. The van der Waals surface area contributed by atoms with E-state index in [0.29, 0.717) is 5.92 Å². The molecule has 1 unspecified atom stereocenters. The molecular weight excluding hydrogens is 234 g/mol. The molecule has 1 aliphatic rings. The van der Waals surface area contributed by atoms with E-state index in [0.717, 1.165) is 12.1 Å². The minimum Gasteiger partial charge on any atom is -0.329 e. The largest absolute Gasteiger partial charge is 0.329 e. The monoisotopic (exact) mass is 261 g/mol. The third-order valence-corrected chi connectivity index (χ3v) is 3.55. The Morgan fingerprint density at radius 2 is 2.11 bits per heavy atom. The summed E-state index contributed by atoms with van der Waals surface area (Å²) in [6.07, 6.45) is 13.0. The van der Waals surface area contributed by atoms with Crippen LogP contribution in [-0.4, -0.2) is 5.91 Å². The van der Waals surface area contributed by atoms with Gasteiger partial charge >= 0.3 is 0 Å². The van der Waals surface area contributed by atoms with Crippen LogP contribution in [0.25, 0.3) is 0 Å². The maximum absolute atomic E-state index is 11.7. The molecule has 0 aromatic heterocycles. The molecule has 19 heavy (non-hydrogen) atoms. The van der Waals surface area contributed by atoms with Gasteiger partial charge in [-0.2, -0.15) is 0 Å². The topological polar surface area (TPSA) is 29.1 Å². The number of allylic oxidation sites excluding steroid dienone is 5. The zero-order valence-corrected chi connectivity index (χ0v) is 12.7. The van der Waals surface area contributed by atoms with Crippen molar-refractivity contribution in [3.8, 4) is 0 Å². The molecule has 0 aromatic carbocycles. The van der Waals surface area contributed by atoms with Crippen molar-refractivity contribution < 1.29 is 4.79 Å². The molecule has 0 saturated carbocycles. The maximum atomic E-state index is 11.7. The Hall–Kier alpha value is -1.31. The molecule has 1 atom stereocenters. The van der Waals surface area contributed by atoms with E-state index in [1.807, 2.05) is 19.9 Å². The van der Waals surface area contributed by atoms with Crippen LogP contribution in [0.5, 0.6) is 0 Å². The van der Waals surface area contributed by atoms with Crippen LogP contribution in [0.15, 0.2) is 35.6 Å². The lowest BCUT2D eigenvalue weighted by atomic mass is 9.91. The van der Waals surface area contributed by atoms with Crippen LogP contribution in [0.4, 0.5) is 0 Å². The molecule has 0 aliphatic heterocycles. The van der Waals surface area contributed by atoms with E-state index in [9.17, 15) is 4.79 Å². The second kappa shape index (κ2) is 7.98. The summed E-state index contributed by atoms with van der Waals surface area (Å²) in [5.74, 6) is 0.770. The Labute approximate surface area is 117 Å². The number of carbonyl (C=O) groups excluding carboxylic acids is 1. The van der Waals surface area contributed by atoms with E-state index in [-0.39, 0.29) is 11.8 Å². The van der Waals surface area contributed by atoms with Crippen molar-refractivity contribution in [2.45, 2.75) is 53.4 Å². The van der Waals surface area contributed by atoms with Gasteiger partial charge in [-0.1, -0.05) is 52.3 Å². The molecule has 1 rings (SSSR count). The highest BCUT2D eigenvalue weighted by atomic mass is 16.1. The first-order chi connectivity index (χ1) is 9.08. The lowest BCUT2D eigenvalue weighted by Gasteiger charge is -2.15. The van der Waals surface area contributed by atoms with E-state index in [4.69, 9.17) is 0 Å². The van der Waals surface area contributed by atoms with Crippen LogP contribution < -0.4 is 5.32 Å². The molecule has 0 aromatic rings. The lowest BCUT2D eigenvalue weighted by Crippen LogP contribution is -2.26. The Morgan fingerprint density at radius 3 is 2.68 bits per heavy atom. The summed E-state index contributed by atoms with van der Waals surface area (Å²) >= 11 is 0. The zero-order chi connectivity index (χ0) is 14.3. The van der Waals surface area contributed by atoms with Crippen LogP contribution in [0, 0.1) is 11.8 Å². The average Bonchev–Trinajstić information content (AvgIpc) is 2.61. The first-order valence-electron chi connectivity index (χ1n) is 7.46. The van der Waals surface area contributed by atoms with Gasteiger partial charge in [-0.3, -0.25) is 4.79 Å². The van der Waals surface area contributed by atoms with Gasteiger partial charge in [-0.15, -0.1) is 0 Å². The van der Waals surface area contributed by atoms with Crippen molar-refractivity contribution in [2.24, 2.45) is 11.8 Å². The lowest BCUT2D eigenvalue weighted by molar-refractivity contribution is -0.123. The third kappa shape index (κ3) is 5.06. The molecule has 2 nitrogen and oxygen atoms in total. The minimum absolute atomic E-state index is 0.0278. The maximum Gasteiger partial charge on any atom is 0.226 e. The Bertz CT molecular complexity index is 388. The Morgan fingerprint density at radius 1 is 1.37 bits per heavy atom. The fourth-order valence-electron chi connectivity index (χ4n) is 2.29. The van der Waals surface area contributed by atoms with Gasteiger partial charge < -0.3 is 5.32 Å². The number of rotatable bonds is 6. The fraction of sp³-hybridized carbons (Fsp3) is 0.588. The van der Waals surface area contributed by atoms with Crippen molar-refractivity contribution in [1.29, 1.82) is 0 Å². The zero-order valence-electron chi connectivity index (χ0n) is 12.7. The molecule has 0 radical (unpaired) electrons. The van der Waals surface area contributed by atoms with Crippen LogP contribution in [0.1, 0.15) is 53.4 Å². The van der Waals surface area contributed by atoms with Crippen LogP contribution in [-0.2, 0) is 4.79 Å². The van der Waals surface area contributed by atoms with Crippen molar-refractivity contribution in [2.75, 3.05) is 0 Å². The van der Waals surface area contributed by atoms with Crippen LogP contribution in [0.3, 0.4) is 0 Å². The normalized spacial score (nSPS) is 16.7. The van der Waals surface area contributed by atoms with E-state index in [2.05, 4.69) is 37.4 Å². The van der Waals surface area contributed by atoms with Gasteiger partial charge in [0.15, 0.2) is 0 Å². The van der Waals surface area contributed by atoms with Gasteiger partial charge in [0.25, 0.3) is 0 Å². The van der Waals surface area contributed by atoms with Crippen molar-refractivity contribution in [3.05, 3.63) is 35.6 Å². The first-order valence-corrected chi connectivity index (χ1v) is 7.46. The predicted octanol–water partition coefficient (Wildman–Crippen LogP) is 4.36. The van der Waals surface area contributed by atoms with E-state index in [1.165, 1.54) is 24.8 Å². The van der Waals surface area contributed by atoms with Crippen molar-refractivity contribution in [3.63, 3.8) is 0 Å². The van der Waals surface area contributed by atoms with Crippen molar-refractivity contribution in [1.82, 2.24) is 5.32 Å². The number of amides is 1. The SMILES string of the molecule is CCCC(CC)C1=CCC(NC(=O)C(C)C)=CC=C1. The summed E-state index contributed by atoms with van der Waals surface area (Å²) in [6.45, 7) is 8.31. The molecule has 2 heteroatoms. The second-order valence-corrected chi connectivity index (χ2v) is 5.50. The molecule has 1 aliphatic carbocycles. The first kappa shape index (κ1) is 15.7. The predicted molar refractivity (Wildman–Crippen MR) is 81.6 cm³/mol. The second-order valence-electron chi connectivity index (χ2n) is 5.50. The number of carbonyl (C=O) groups is 1. The molecule has 106 valence electrons. The summed E-state index contributed by atoms with van der Waals surface area (Å²) in [5, 5.41) is 2.99. The number of nitrogens with one attached hydrogen (secondary N) is 1. The summed E-state index contributed by atoms with van der Waals surface area (Å²) in [5.41, 5.74) is 2.41. The molecule has 0 saturated heterocycles. The van der Waals surface area contributed by atoms with E-state index < -0.39 is 0 Å². The van der Waals surface area contributed by atoms with Gasteiger partial charge in [0.05, 0.1) is 0 Å². The van der Waals surface area contributed by atoms with Crippen LogP contribution in [0.2, 0.25) is 0 Å². The Kier molecular flexibility index (Phi) is 6.61. The van der Waals surface area contributed by atoms with E-state index >= 15 is 0 Å². The quantitative estimate of drug-likeness (QED) is 0.756. The summed E-state index contributed by atoms with van der Waals surface area (Å²) in [4.78, 5) is 11.7. The molecule has 1 N–H and O–H groups in total. The van der Waals surface area contributed by atoms with E-state index in [1.54, 1.807) is 0 Å². The smallest absolute Gasteiger partial charge is 0.226 e. The highest BCUT2D eigenvalue weighted by Crippen LogP contribution is 2.24. The van der Waals surface area contributed by atoms with Gasteiger partial charge in [-0.25, -0.2) is 0 Å². The Balaban J connectivity index is 2.67. The van der Waals surface area contributed by atoms with Crippen molar-refractivity contribution >= 4 is 5.91 Å². The van der Waals surface area contributed by atoms with Gasteiger partial charge in [0.1, 0.15) is 0 Å².